The predicted octanol–water partition coefficient (Wildman–Crippen LogP) is 1.17. The van der Waals surface area contributed by atoms with E-state index in [-0.39, 0.29) is 18.0 Å². The van der Waals surface area contributed by atoms with Crippen molar-refractivity contribution in [3.05, 3.63) is 29.8 Å². The number of hydrogen-bond donors (Lipinski definition) is 1. The monoisotopic (exact) mass is 218 g/mol. The molecule has 0 aliphatic carbocycles. The Balaban J connectivity index is 2.31. The van der Waals surface area contributed by atoms with Crippen molar-refractivity contribution < 1.29 is 14.7 Å². The minimum Gasteiger partial charge on any atom is -0.477 e. The van der Waals surface area contributed by atoms with E-state index in [0.717, 1.165) is 10.6 Å². The molecule has 5 nitrogen and oxygen atoms in total. The number of hydrogen-bond acceptors (Lipinski definition) is 3. The number of nitrogens with zero attached hydrogens (tertiary/aromatic N) is 2. The van der Waals surface area contributed by atoms with Crippen LogP contribution in [0.3, 0.4) is 0 Å². The molecule has 0 spiro atoms. The number of carbonyl (C=O) groups excluding carboxylic acids is 1. The Bertz CT molecular complexity index is 477. The molecule has 5 heteroatoms. The van der Waals surface area contributed by atoms with Crippen molar-refractivity contribution in [2.45, 2.75) is 13.3 Å². The fourth-order valence-corrected chi connectivity index (χ4v) is 1.44. The summed E-state index contributed by atoms with van der Waals surface area (Å²) in [6.07, 6.45) is -0.150. The molecule has 0 unspecified atom stereocenters. The highest BCUT2D eigenvalue weighted by molar-refractivity contribution is 6.42. The van der Waals surface area contributed by atoms with Gasteiger partial charge < -0.3 is 5.11 Å². The SMILES string of the molecule is Cc1ccc(N2N=C(C(=O)O)CC2=O)cc1. The lowest BCUT2D eigenvalue weighted by atomic mass is 10.2. The lowest BCUT2D eigenvalue weighted by Crippen LogP contribution is -2.19. The van der Waals surface area contributed by atoms with Crippen molar-refractivity contribution in [1.29, 1.82) is 0 Å². The Kier molecular flexibility index (Phi) is 2.44. The largest absolute Gasteiger partial charge is 0.477 e. The summed E-state index contributed by atoms with van der Waals surface area (Å²) in [4.78, 5) is 22.2. The molecule has 0 aromatic heterocycles. The van der Waals surface area contributed by atoms with E-state index in [2.05, 4.69) is 5.10 Å². The molecule has 0 radical (unpaired) electrons. The normalized spacial score (nSPS) is 15.2. The molecule has 1 amide bonds. The second-order valence-electron chi connectivity index (χ2n) is 3.57. The number of rotatable bonds is 2. The van der Waals surface area contributed by atoms with Crippen LogP contribution in [0.1, 0.15) is 12.0 Å². The summed E-state index contributed by atoms with van der Waals surface area (Å²) >= 11 is 0. The van der Waals surface area contributed by atoms with E-state index in [1.807, 2.05) is 19.1 Å². The van der Waals surface area contributed by atoms with Crippen molar-refractivity contribution in [1.82, 2.24) is 0 Å². The molecule has 82 valence electrons. The summed E-state index contributed by atoms with van der Waals surface area (Å²) in [5.74, 6) is -1.47. The lowest BCUT2D eigenvalue weighted by molar-refractivity contribution is -0.129. The van der Waals surface area contributed by atoms with E-state index in [1.54, 1.807) is 12.1 Å². The van der Waals surface area contributed by atoms with E-state index in [1.165, 1.54) is 0 Å². The Morgan fingerprint density at radius 3 is 2.50 bits per heavy atom. The molecular formula is C11H10N2O3. The minimum atomic E-state index is -1.15. The zero-order valence-corrected chi connectivity index (χ0v) is 8.67. The highest BCUT2D eigenvalue weighted by Gasteiger charge is 2.28. The van der Waals surface area contributed by atoms with Crippen LogP contribution in [0.2, 0.25) is 0 Å². The number of aryl methyl sites for hydroxylation is 1. The Morgan fingerprint density at radius 1 is 1.38 bits per heavy atom. The first kappa shape index (κ1) is 10.4. The summed E-state index contributed by atoms with van der Waals surface area (Å²) in [5, 5.41) is 13.6. The number of amides is 1. The van der Waals surface area contributed by atoms with Gasteiger partial charge in [-0.15, -0.1) is 0 Å². The van der Waals surface area contributed by atoms with Gasteiger partial charge in [-0.25, -0.2) is 4.79 Å². The second kappa shape index (κ2) is 3.77. The van der Waals surface area contributed by atoms with Crippen molar-refractivity contribution >= 4 is 23.3 Å². The number of anilines is 1. The fourth-order valence-electron chi connectivity index (χ4n) is 1.44. The molecule has 0 saturated heterocycles. The molecule has 2 rings (SSSR count). The Labute approximate surface area is 92.0 Å². The predicted molar refractivity (Wildman–Crippen MR) is 58.4 cm³/mol. The van der Waals surface area contributed by atoms with Crippen molar-refractivity contribution in [2.24, 2.45) is 5.10 Å². The van der Waals surface area contributed by atoms with E-state index < -0.39 is 5.97 Å². The first-order chi connectivity index (χ1) is 7.58. The third-order valence-electron chi connectivity index (χ3n) is 2.30. The topological polar surface area (TPSA) is 70.0 Å². The molecule has 1 aliphatic heterocycles. The fraction of sp³-hybridized carbons (Fsp3) is 0.182. The van der Waals surface area contributed by atoms with Gasteiger partial charge in [-0.1, -0.05) is 17.7 Å². The van der Waals surface area contributed by atoms with E-state index in [9.17, 15) is 9.59 Å². The Morgan fingerprint density at radius 2 is 2.00 bits per heavy atom. The molecule has 16 heavy (non-hydrogen) atoms. The average Bonchev–Trinajstić information content (AvgIpc) is 2.62. The van der Waals surface area contributed by atoms with Gasteiger partial charge in [-0.05, 0) is 19.1 Å². The molecule has 1 heterocycles. The molecule has 0 saturated carbocycles. The van der Waals surface area contributed by atoms with Crippen molar-refractivity contribution in [3.63, 3.8) is 0 Å². The van der Waals surface area contributed by atoms with Crippen LogP contribution in [0.5, 0.6) is 0 Å². The third kappa shape index (κ3) is 1.79. The number of carboxylic acid groups (broad SMARTS) is 1. The van der Waals surface area contributed by atoms with E-state index in [4.69, 9.17) is 5.11 Å². The standard InChI is InChI=1S/C11H10N2O3/c1-7-2-4-8(5-3-7)13-10(14)6-9(12-13)11(15)16/h2-5H,6H2,1H3,(H,15,16). The minimum absolute atomic E-state index is 0.120. The van der Waals surface area contributed by atoms with Gasteiger partial charge in [0.2, 0.25) is 0 Å². The number of aliphatic carboxylic acids is 1. The first-order valence-electron chi connectivity index (χ1n) is 4.78. The van der Waals surface area contributed by atoms with Crippen LogP contribution >= 0.6 is 0 Å². The van der Waals surface area contributed by atoms with Crippen LogP contribution in [0.25, 0.3) is 0 Å². The molecule has 0 fully saturated rings. The van der Waals surface area contributed by atoms with Gasteiger partial charge >= 0.3 is 5.97 Å². The maximum Gasteiger partial charge on any atom is 0.352 e. The van der Waals surface area contributed by atoms with Crippen LogP contribution < -0.4 is 5.01 Å². The zero-order chi connectivity index (χ0) is 11.7. The summed E-state index contributed by atoms with van der Waals surface area (Å²) in [7, 11) is 0. The van der Waals surface area contributed by atoms with Gasteiger partial charge in [-0.3, -0.25) is 4.79 Å². The highest BCUT2D eigenvalue weighted by atomic mass is 16.4. The van der Waals surface area contributed by atoms with Gasteiger partial charge in [0, 0.05) is 0 Å². The summed E-state index contributed by atoms with van der Waals surface area (Å²) in [6.45, 7) is 1.93. The number of benzene rings is 1. The molecule has 1 aliphatic rings. The van der Waals surface area contributed by atoms with Crippen LogP contribution in [0.4, 0.5) is 5.69 Å². The van der Waals surface area contributed by atoms with Gasteiger partial charge in [0.05, 0.1) is 12.1 Å². The molecule has 1 N–H and O–H groups in total. The van der Waals surface area contributed by atoms with E-state index in [0.29, 0.717) is 5.69 Å². The smallest absolute Gasteiger partial charge is 0.352 e. The average molecular weight is 218 g/mol. The van der Waals surface area contributed by atoms with Crippen LogP contribution in [0.15, 0.2) is 29.4 Å². The highest BCUT2D eigenvalue weighted by Crippen LogP contribution is 2.20. The van der Waals surface area contributed by atoms with Crippen molar-refractivity contribution in [3.8, 4) is 0 Å². The van der Waals surface area contributed by atoms with Crippen LogP contribution in [-0.2, 0) is 9.59 Å². The summed E-state index contributed by atoms with van der Waals surface area (Å²) < 4.78 is 0. The van der Waals surface area contributed by atoms with Crippen LogP contribution in [-0.4, -0.2) is 22.7 Å². The van der Waals surface area contributed by atoms with Gasteiger partial charge in [0.25, 0.3) is 5.91 Å². The summed E-state index contributed by atoms with van der Waals surface area (Å²) in [5.41, 5.74) is 1.54. The number of carboxylic acids is 1. The molecule has 1 aromatic rings. The van der Waals surface area contributed by atoms with E-state index >= 15 is 0 Å². The third-order valence-corrected chi connectivity index (χ3v) is 2.30. The molecule has 1 aromatic carbocycles. The van der Waals surface area contributed by atoms with Gasteiger partial charge in [0.15, 0.2) is 5.71 Å². The Hall–Kier alpha value is -2.17. The summed E-state index contributed by atoms with van der Waals surface area (Å²) in [6, 6.07) is 7.16. The van der Waals surface area contributed by atoms with Gasteiger partial charge in [-0.2, -0.15) is 10.1 Å². The maximum atomic E-state index is 11.5. The number of hydrazone groups is 1. The molecule has 0 bridgehead atoms. The zero-order valence-electron chi connectivity index (χ0n) is 8.67. The number of carbonyl (C=O) groups is 2. The first-order valence-corrected chi connectivity index (χ1v) is 4.78. The van der Waals surface area contributed by atoms with Crippen molar-refractivity contribution in [2.75, 3.05) is 5.01 Å². The molecule has 0 atom stereocenters. The van der Waals surface area contributed by atoms with Gasteiger partial charge in [0.1, 0.15) is 0 Å². The van der Waals surface area contributed by atoms with Crippen LogP contribution in [0, 0.1) is 6.92 Å². The maximum absolute atomic E-state index is 11.5. The molecular weight excluding hydrogens is 208 g/mol. The lowest BCUT2D eigenvalue weighted by Gasteiger charge is -2.11. The quantitative estimate of drug-likeness (QED) is 0.810. The second-order valence-corrected chi connectivity index (χ2v) is 3.57.